The van der Waals surface area contributed by atoms with Crippen molar-refractivity contribution in [2.75, 3.05) is 13.2 Å². The molecule has 0 bridgehead atoms. The van der Waals surface area contributed by atoms with Crippen LogP contribution in [0, 0.1) is 23.7 Å². The molecule has 64 valence electrons. The van der Waals surface area contributed by atoms with E-state index in [9.17, 15) is 0 Å². The van der Waals surface area contributed by atoms with Crippen LogP contribution in [0.25, 0.3) is 0 Å². The van der Waals surface area contributed by atoms with E-state index < -0.39 is 0 Å². The molecular formula is C10H12O2. The Morgan fingerprint density at radius 1 is 1.17 bits per heavy atom. The fourth-order valence-corrected chi connectivity index (χ4v) is 0.464. The maximum absolute atomic E-state index is 8.40. The van der Waals surface area contributed by atoms with Gasteiger partial charge in [0.15, 0.2) is 0 Å². The van der Waals surface area contributed by atoms with Crippen molar-refractivity contribution < 1.29 is 10.2 Å². The minimum absolute atomic E-state index is 0.00657. The molecule has 0 aromatic carbocycles. The summed E-state index contributed by atoms with van der Waals surface area (Å²) in [5.74, 6) is 10.6. The van der Waals surface area contributed by atoms with Gasteiger partial charge in [-0.2, -0.15) is 0 Å². The van der Waals surface area contributed by atoms with Crippen molar-refractivity contribution in [3.05, 3.63) is 12.2 Å². The summed E-state index contributed by atoms with van der Waals surface area (Å²) in [6.07, 6.45) is 4.47. The topological polar surface area (TPSA) is 40.5 Å². The molecule has 0 unspecified atom stereocenters. The predicted octanol–water partition coefficient (Wildman–Crippen LogP) is 0.314. The second-order valence-corrected chi connectivity index (χ2v) is 1.98. The zero-order valence-corrected chi connectivity index (χ0v) is 6.88. The molecule has 0 radical (unpaired) electrons. The van der Waals surface area contributed by atoms with E-state index in [-0.39, 0.29) is 13.2 Å². The van der Waals surface area contributed by atoms with E-state index in [0.29, 0.717) is 12.8 Å². The first-order valence-electron chi connectivity index (χ1n) is 3.77. The van der Waals surface area contributed by atoms with E-state index in [1.54, 1.807) is 12.2 Å². The fraction of sp³-hybridized carbons (Fsp3) is 0.400. The van der Waals surface area contributed by atoms with Gasteiger partial charge in [-0.1, -0.05) is 17.9 Å². The molecule has 0 aliphatic rings. The third-order valence-corrected chi connectivity index (χ3v) is 0.990. The Morgan fingerprint density at radius 3 is 2.67 bits per heavy atom. The number of rotatable bonds is 3. The summed E-state index contributed by atoms with van der Waals surface area (Å²) in [5.41, 5.74) is 0. The molecule has 0 spiro atoms. The lowest BCUT2D eigenvalue weighted by molar-refractivity contribution is 0.290. The van der Waals surface area contributed by atoms with Crippen LogP contribution in [0.2, 0.25) is 0 Å². The molecule has 2 nitrogen and oxygen atoms in total. The molecule has 2 heteroatoms. The Morgan fingerprint density at radius 2 is 2.00 bits per heavy atom. The van der Waals surface area contributed by atoms with Crippen LogP contribution in [0.5, 0.6) is 0 Å². The van der Waals surface area contributed by atoms with E-state index in [0.717, 1.165) is 0 Å². The van der Waals surface area contributed by atoms with Gasteiger partial charge in [0.2, 0.25) is 0 Å². The summed E-state index contributed by atoms with van der Waals surface area (Å²) in [4.78, 5) is 0. The minimum Gasteiger partial charge on any atom is -0.396 e. The number of aliphatic hydroxyl groups is 2. The van der Waals surface area contributed by atoms with Crippen molar-refractivity contribution in [2.24, 2.45) is 0 Å². The van der Waals surface area contributed by atoms with Crippen molar-refractivity contribution in [2.45, 2.75) is 12.8 Å². The van der Waals surface area contributed by atoms with Crippen molar-refractivity contribution >= 4 is 0 Å². The van der Waals surface area contributed by atoms with Crippen LogP contribution in [-0.2, 0) is 0 Å². The molecule has 0 aromatic rings. The Balaban J connectivity index is 3.52. The highest BCUT2D eigenvalue weighted by Gasteiger charge is 1.74. The van der Waals surface area contributed by atoms with Crippen LogP contribution in [0.1, 0.15) is 12.8 Å². The molecule has 12 heavy (non-hydrogen) atoms. The van der Waals surface area contributed by atoms with Crippen molar-refractivity contribution in [3.8, 4) is 23.7 Å². The standard InChI is InChI=1S/C10H12O2/c11-9-7-5-3-1-2-4-6-8-10-12/h5,7,11-12H,6,8-10H2/b7-5+. The van der Waals surface area contributed by atoms with Gasteiger partial charge in [-0.3, -0.25) is 0 Å². The fourth-order valence-electron chi connectivity index (χ4n) is 0.464. The van der Waals surface area contributed by atoms with Crippen LogP contribution < -0.4 is 0 Å². The number of hydrogen-bond donors (Lipinski definition) is 2. The van der Waals surface area contributed by atoms with Crippen LogP contribution in [0.3, 0.4) is 0 Å². The quantitative estimate of drug-likeness (QED) is 0.465. The number of unbranched alkanes of at least 4 members (excludes halogenated alkanes) is 1. The molecular weight excluding hydrogens is 152 g/mol. The smallest absolute Gasteiger partial charge is 0.0621 e. The van der Waals surface area contributed by atoms with Crippen LogP contribution >= 0.6 is 0 Å². The van der Waals surface area contributed by atoms with Crippen LogP contribution in [-0.4, -0.2) is 23.4 Å². The van der Waals surface area contributed by atoms with Crippen molar-refractivity contribution in [1.82, 2.24) is 0 Å². The normalized spacial score (nSPS) is 8.50. The van der Waals surface area contributed by atoms with E-state index in [4.69, 9.17) is 10.2 Å². The highest BCUT2D eigenvalue weighted by Crippen LogP contribution is 1.81. The molecule has 0 heterocycles. The predicted molar refractivity (Wildman–Crippen MR) is 48.1 cm³/mol. The van der Waals surface area contributed by atoms with Crippen LogP contribution in [0.15, 0.2) is 12.2 Å². The Labute approximate surface area is 72.9 Å². The maximum atomic E-state index is 8.40. The molecule has 0 aliphatic carbocycles. The lowest BCUT2D eigenvalue weighted by Gasteiger charge is -1.80. The second kappa shape index (κ2) is 9.78. The van der Waals surface area contributed by atoms with Crippen molar-refractivity contribution in [1.29, 1.82) is 0 Å². The van der Waals surface area contributed by atoms with Gasteiger partial charge in [0.25, 0.3) is 0 Å². The molecule has 0 aromatic heterocycles. The Hall–Kier alpha value is -1.22. The summed E-state index contributed by atoms with van der Waals surface area (Å²) in [5, 5.41) is 16.7. The summed E-state index contributed by atoms with van der Waals surface area (Å²) < 4.78 is 0. The molecule has 0 aliphatic heterocycles. The maximum Gasteiger partial charge on any atom is 0.0621 e. The van der Waals surface area contributed by atoms with Gasteiger partial charge in [0.1, 0.15) is 0 Å². The summed E-state index contributed by atoms with van der Waals surface area (Å²) >= 11 is 0. The highest BCUT2D eigenvalue weighted by molar-refractivity contribution is 5.30. The Kier molecular flexibility index (Phi) is 8.79. The average molecular weight is 164 g/mol. The van der Waals surface area contributed by atoms with Gasteiger partial charge < -0.3 is 10.2 Å². The molecule has 0 amide bonds. The molecule has 0 saturated carbocycles. The van der Waals surface area contributed by atoms with Gasteiger partial charge in [-0.15, -0.1) is 0 Å². The summed E-state index contributed by atoms with van der Waals surface area (Å²) in [6, 6.07) is 0. The third-order valence-electron chi connectivity index (χ3n) is 0.990. The molecule has 0 rings (SSSR count). The molecule has 2 N–H and O–H groups in total. The highest BCUT2D eigenvalue weighted by atomic mass is 16.3. The molecule has 0 saturated heterocycles. The summed E-state index contributed by atoms with van der Waals surface area (Å²) in [6.45, 7) is 0.180. The first kappa shape index (κ1) is 10.8. The average Bonchev–Trinajstić information content (AvgIpc) is 2.10. The van der Waals surface area contributed by atoms with Crippen molar-refractivity contribution in [3.63, 3.8) is 0 Å². The van der Waals surface area contributed by atoms with Gasteiger partial charge in [-0.05, 0) is 24.3 Å². The minimum atomic E-state index is 0.00657. The van der Waals surface area contributed by atoms with E-state index in [1.165, 1.54) is 0 Å². The zero-order valence-electron chi connectivity index (χ0n) is 6.88. The summed E-state index contributed by atoms with van der Waals surface area (Å²) in [7, 11) is 0. The first-order valence-corrected chi connectivity index (χ1v) is 3.77. The Bertz CT molecular complexity index is 232. The zero-order chi connectivity index (χ0) is 9.07. The van der Waals surface area contributed by atoms with Gasteiger partial charge >= 0.3 is 0 Å². The monoisotopic (exact) mass is 164 g/mol. The van der Waals surface area contributed by atoms with Gasteiger partial charge in [0, 0.05) is 13.0 Å². The molecule has 0 atom stereocenters. The largest absolute Gasteiger partial charge is 0.396 e. The number of hydrogen-bond acceptors (Lipinski definition) is 2. The van der Waals surface area contributed by atoms with Gasteiger partial charge in [-0.25, -0.2) is 0 Å². The van der Waals surface area contributed by atoms with E-state index in [2.05, 4.69) is 23.7 Å². The molecule has 0 fully saturated rings. The lowest BCUT2D eigenvalue weighted by atomic mass is 10.3. The lowest BCUT2D eigenvalue weighted by Crippen LogP contribution is -1.77. The number of allylic oxidation sites excluding steroid dienone is 1. The van der Waals surface area contributed by atoms with E-state index in [1.807, 2.05) is 0 Å². The van der Waals surface area contributed by atoms with E-state index >= 15 is 0 Å². The third kappa shape index (κ3) is 8.78. The first-order chi connectivity index (χ1) is 5.91. The van der Waals surface area contributed by atoms with Gasteiger partial charge in [0.05, 0.1) is 6.61 Å². The SMILES string of the molecule is OC/C=C/C#CC#CCCCO. The number of aliphatic hydroxyl groups excluding tert-OH is 2. The second-order valence-electron chi connectivity index (χ2n) is 1.98. The van der Waals surface area contributed by atoms with Crippen LogP contribution in [0.4, 0.5) is 0 Å².